The monoisotopic (exact) mass is 484 g/mol. The molecular weight excluding hydrogens is 452 g/mol. The maximum absolute atomic E-state index is 13.2. The van der Waals surface area contributed by atoms with Crippen molar-refractivity contribution in [2.75, 3.05) is 37.6 Å². The van der Waals surface area contributed by atoms with Crippen molar-refractivity contribution >= 4 is 22.4 Å². The van der Waals surface area contributed by atoms with E-state index in [-0.39, 0.29) is 18.8 Å². The fourth-order valence-electron chi connectivity index (χ4n) is 4.89. The molecule has 8 heteroatoms. The number of piperazine rings is 1. The Kier molecular flexibility index (Phi) is 7.06. The fourth-order valence-corrected chi connectivity index (χ4v) is 4.89. The van der Waals surface area contributed by atoms with Crippen LogP contribution in [-0.4, -0.2) is 68.3 Å². The molecule has 8 nitrogen and oxygen atoms in total. The first-order chi connectivity index (χ1) is 17.6. The number of ketones is 1. The van der Waals surface area contributed by atoms with Gasteiger partial charge in [0.1, 0.15) is 5.82 Å². The molecule has 4 heterocycles. The maximum Gasteiger partial charge on any atom is 0.169 e. The van der Waals surface area contributed by atoms with Crippen LogP contribution in [0, 0.1) is 0 Å². The smallest absolute Gasteiger partial charge is 0.169 e. The molecule has 5 rings (SSSR count). The van der Waals surface area contributed by atoms with Gasteiger partial charge in [-0.25, -0.2) is 4.98 Å². The van der Waals surface area contributed by atoms with E-state index in [0.29, 0.717) is 5.56 Å². The summed E-state index contributed by atoms with van der Waals surface area (Å²) in [5.74, 6) is 0.894. The van der Waals surface area contributed by atoms with E-state index in [0.717, 1.165) is 71.8 Å². The van der Waals surface area contributed by atoms with E-state index in [9.17, 15) is 9.90 Å². The van der Waals surface area contributed by atoms with Gasteiger partial charge in [-0.1, -0.05) is 19.1 Å². The Balaban J connectivity index is 1.33. The Bertz CT molecular complexity index is 1370. The molecule has 0 spiro atoms. The number of carbonyl (C=O) groups excluding carboxylic acids is 1. The number of hydrogen-bond acceptors (Lipinski definition) is 7. The third kappa shape index (κ3) is 5.01. The van der Waals surface area contributed by atoms with Gasteiger partial charge in [0.15, 0.2) is 5.78 Å². The van der Waals surface area contributed by atoms with Crippen molar-refractivity contribution in [3.05, 3.63) is 71.9 Å². The lowest BCUT2D eigenvalue weighted by atomic mass is 10.0. The van der Waals surface area contributed by atoms with Crippen LogP contribution in [0.25, 0.3) is 21.9 Å². The molecule has 4 aromatic rings. The minimum Gasteiger partial charge on any atom is -0.390 e. The summed E-state index contributed by atoms with van der Waals surface area (Å²) in [6.45, 7) is 7.15. The zero-order valence-corrected chi connectivity index (χ0v) is 20.9. The number of benzene rings is 1. The average molecular weight is 485 g/mol. The highest BCUT2D eigenvalue weighted by atomic mass is 16.3. The van der Waals surface area contributed by atoms with Crippen molar-refractivity contribution in [1.82, 2.24) is 24.6 Å². The topological polar surface area (TPSA) is 87.4 Å². The van der Waals surface area contributed by atoms with E-state index in [4.69, 9.17) is 0 Å². The number of Topliss-reactive ketones (excluding diaryl/α,β-unsaturated/α-hetero) is 1. The highest BCUT2D eigenvalue weighted by Crippen LogP contribution is 2.27. The van der Waals surface area contributed by atoms with Crippen LogP contribution in [0.5, 0.6) is 0 Å². The molecule has 0 aliphatic carbocycles. The van der Waals surface area contributed by atoms with Crippen molar-refractivity contribution in [2.45, 2.75) is 26.4 Å². The third-order valence-corrected chi connectivity index (χ3v) is 6.95. The second-order valence-electron chi connectivity index (χ2n) is 9.36. The van der Waals surface area contributed by atoms with Gasteiger partial charge < -0.3 is 10.0 Å². The van der Waals surface area contributed by atoms with Crippen molar-refractivity contribution in [3.63, 3.8) is 0 Å². The van der Waals surface area contributed by atoms with Gasteiger partial charge in [0.05, 0.1) is 24.9 Å². The van der Waals surface area contributed by atoms with E-state index in [1.165, 1.54) is 6.42 Å². The predicted molar refractivity (Wildman–Crippen MR) is 141 cm³/mol. The number of aryl methyl sites for hydroxylation is 1. The van der Waals surface area contributed by atoms with Gasteiger partial charge in [-0.05, 0) is 48.2 Å². The van der Waals surface area contributed by atoms with Crippen molar-refractivity contribution in [3.8, 4) is 11.1 Å². The Labute approximate surface area is 211 Å². The molecule has 1 N–H and O–H groups in total. The van der Waals surface area contributed by atoms with Crippen LogP contribution < -0.4 is 4.90 Å². The quantitative estimate of drug-likeness (QED) is 0.383. The molecule has 0 atom stereocenters. The van der Waals surface area contributed by atoms with Crippen molar-refractivity contribution < 1.29 is 9.90 Å². The lowest BCUT2D eigenvalue weighted by Gasteiger charge is -2.35. The molecule has 1 saturated heterocycles. The third-order valence-electron chi connectivity index (χ3n) is 6.95. The van der Waals surface area contributed by atoms with Crippen LogP contribution in [-0.2, 0) is 20.1 Å². The second-order valence-corrected chi connectivity index (χ2v) is 9.36. The van der Waals surface area contributed by atoms with Crippen LogP contribution in [0.3, 0.4) is 0 Å². The average Bonchev–Trinajstić information content (AvgIpc) is 3.29. The maximum atomic E-state index is 13.2. The van der Waals surface area contributed by atoms with Gasteiger partial charge >= 0.3 is 0 Å². The minimum atomic E-state index is -0.0810. The van der Waals surface area contributed by atoms with Crippen LogP contribution in [0.15, 0.2) is 55.0 Å². The minimum absolute atomic E-state index is 0.0288. The molecule has 186 valence electrons. The van der Waals surface area contributed by atoms with Gasteiger partial charge in [0.25, 0.3) is 0 Å². The molecule has 0 saturated carbocycles. The Hall–Kier alpha value is -3.62. The Morgan fingerprint density at radius 1 is 1.00 bits per heavy atom. The Morgan fingerprint density at radius 3 is 2.61 bits per heavy atom. The molecule has 0 radical (unpaired) electrons. The normalized spacial score (nSPS) is 14.5. The predicted octanol–water partition coefficient (Wildman–Crippen LogP) is 3.48. The van der Waals surface area contributed by atoms with Gasteiger partial charge in [-0.2, -0.15) is 5.10 Å². The summed E-state index contributed by atoms with van der Waals surface area (Å²) in [5.41, 5.74) is 4.02. The van der Waals surface area contributed by atoms with Crippen LogP contribution in [0.4, 0.5) is 5.82 Å². The van der Waals surface area contributed by atoms with Crippen LogP contribution in [0.2, 0.25) is 0 Å². The standard InChI is InChI=1S/C28H32N6O2/c1-3-8-33-9-11-34(12-10-33)28-15-21(6-7-29-28)27(36)16-24-14-23-13-20(4-5-22(23)17-30-24)25-18-31-32(2)26(25)19-35/h4-7,13-15,17-18,35H,3,8-12,16,19H2,1-2H3. The summed E-state index contributed by atoms with van der Waals surface area (Å²) in [4.78, 5) is 27.0. The molecule has 36 heavy (non-hydrogen) atoms. The number of nitrogens with zero attached hydrogens (tertiary/aromatic N) is 6. The molecule has 0 bridgehead atoms. The van der Waals surface area contributed by atoms with E-state index < -0.39 is 0 Å². The number of anilines is 1. The molecule has 0 amide bonds. The number of fused-ring (bicyclic) bond motifs is 1. The van der Waals surface area contributed by atoms with E-state index >= 15 is 0 Å². The molecular formula is C28H32N6O2. The molecule has 0 unspecified atom stereocenters. The van der Waals surface area contributed by atoms with Crippen LogP contribution >= 0.6 is 0 Å². The van der Waals surface area contributed by atoms with Gasteiger partial charge in [-0.15, -0.1) is 0 Å². The van der Waals surface area contributed by atoms with Crippen molar-refractivity contribution in [1.29, 1.82) is 0 Å². The molecule has 1 aliphatic rings. The summed E-state index contributed by atoms with van der Waals surface area (Å²) in [6, 6.07) is 11.7. The summed E-state index contributed by atoms with van der Waals surface area (Å²) in [7, 11) is 1.82. The summed E-state index contributed by atoms with van der Waals surface area (Å²) in [6.07, 6.45) is 6.70. The molecule has 1 aromatic carbocycles. The highest BCUT2D eigenvalue weighted by molar-refractivity contribution is 5.98. The van der Waals surface area contributed by atoms with E-state index in [1.807, 2.05) is 37.5 Å². The molecule has 3 aromatic heterocycles. The number of hydrogen-bond donors (Lipinski definition) is 1. The number of carbonyl (C=O) groups is 1. The van der Waals surface area contributed by atoms with Crippen molar-refractivity contribution in [2.24, 2.45) is 7.05 Å². The lowest BCUT2D eigenvalue weighted by molar-refractivity contribution is 0.0992. The van der Waals surface area contributed by atoms with E-state index in [1.54, 1.807) is 23.1 Å². The first-order valence-electron chi connectivity index (χ1n) is 12.5. The number of aliphatic hydroxyl groups excluding tert-OH is 1. The number of aliphatic hydroxyl groups is 1. The second kappa shape index (κ2) is 10.6. The zero-order chi connectivity index (χ0) is 25.1. The summed E-state index contributed by atoms with van der Waals surface area (Å²) >= 11 is 0. The number of aromatic nitrogens is 4. The molecule has 1 aliphatic heterocycles. The summed E-state index contributed by atoms with van der Waals surface area (Å²) < 4.78 is 1.68. The summed E-state index contributed by atoms with van der Waals surface area (Å²) in [5, 5.41) is 16.0. The Morgan fingerprint density at radius 2 is 1.83 bits per heavy atom. The van der Waals surface area contributed by atoms with Gasteiger partial charge in [0, 0.05) is 67.8 Å². The van der Waals surface area contributed by atoms with Gasteiger partial charge in [0.2, 0.25) is 0 Å². The molecule has 1 fully saturated rings. The fraction of sp³-hybridized carbons (Fsp3) is 0.357. The largest absolute Gasteiger partial charge is 0.390 e. The lowest BCUT2D eigenvalue weighted by Crippen LogP contribution is -2.46. The highest BCUT2D eigenvalue weighted by Gasteiger charge is 2.19. The van der Waals surface area contributed by atoms with Crippen LogP contribution in [0.1, 0.15) is 35.1 Å². The SMILES string of the molecule is CCCN1CCN(c2cc(C(=O)Cc3cc4cc(-c5cnn(C)c5CO)ccc4cn3)ccn2)CC1. The number of rotatable bonds is 8. The van der Waals surface area contributed by atoms with E-state index in [2.05, 4.69) is 37.9 Å². The van der Waals surface area contributed by atoms with Gasteiger partial charge in [-0.3, -0.25) is 19.4 Å². The number of pyridine rings is 2. The zero-order valence-electron chi connectivity index (χ0n) is 20.9. The first kappa shape index (κ1) is 24.1. The first-order valence-corrected chi connectivity index (χ1v) is 12.5.